The number of imidazole rings is 1. The van der Waals surface area contributed by atoms with Gasteiger partial charge in [-0.2, -0.15) is 10.2 Å². The summed E-state index contributed by atoms with van der Waals surface area (Å²) in [5.41, 5.74) is 9.32. The van der Waals surface area contributed by atoms with Gasteiger partial charge in [0.2, 0.25) is 0 Å². The van der Waals surface area contributed by atoms with E-state index >= 15 is 0 Å². The zero-order valence-electron chi connectivity index (χ0n) is 15.3. The summed E-state index contributed by atoms with van der Waals surface area (Å²) in [4.78, 5) is 34.5. The van der Waals surface area contributed by atoms with Crippen LogP contribution in [0.15, 0.2) is 29.6 Å². The molecule has 1 saturated carbocycles. The molecule has 0 aliphatic heterocycles. The van der Waals surface area contributed by atoms with Crippen molar-refractivity contribution in [2.75, 3.05) is 12.3 Å². The molecule has 0 spiro atoms. The third kappa shape index (κ3) is 3.83. The van der Waals surface area contributed by atoms with Crippen LogP contribution in [0.4, 0.5) is 5.82 Å². The molecular formula is C17H21N7O5. The molecule has 1 fully saturated rings. The fraction of sp³-hybridized carbons (Fsp3) is 0.471. The molecule has 0 amide bonds. The van der Waals surface area contributed by atoms with Crippen molar-refractivity contribution in [2.24, 2.45) is 11.7 Å². The van der Waals surface area contributed by atoms with Gasteiger partial charge in [-0.1, -0.05) is 0 Å². The number of aliphatic hydroxyl groups is 2. The Labute approximate surface area is 164 Å². The first-order valence-electron chi connectivity index (χ1n) is 8.81. The van der Waals surface area contributed by atoms with Crippen LogP contribution < -0.4 is 17.2 Å². The van der Waals surface area contributed by atoms with Crippen LogP contribution in [-0.2, 0) is 21.5 Å². The first kappa shape index (κ1) is 20.5. The lowest BCUT2D eigenvalue weighted by atomic mass is 9.95. The summed E-state index contributed by atoms with van der Waals surface area (Å²) >= 11 is 0. The van der Waals surface area contributed by atoms with Crippen molar-refractivity contribution < 1.29 is 19.7 Å². The minimum Gasteiger partial charge on any atom is -0.464 e. The van der Waals surface area contributed by atoms with Gasteiger partial charge < -0.3 is 31.4 Å². The van der Waals surface area contributed by atoms with Gasteiger partial charge in [0.25, 0.3) is 0 Å². The Bertz CT molecular complexity index is 969. The number of nitrogens with one attached hydrogen (secondary N) is 1. The van der Waals surface area contributed by atoms with Crippen molar-refractivity contribution in [3.63, 3.8) is 0 Å². The second-order valence-electron chi connectivity index (χ2n) is 6.96. The first-order valence-corrected chi connectivity index (χ1v) is 8.81. The van der Waals surface area contributed by atoms with Gasteiger partial charge in [0.05, 0.1) is 25.1 Å². The lowest BCUT2D eigenvalue weighted by Gasteiger charge is -2.27. The average molecular weight is 403 g/mol. The summed E-state index contributed by atoms with van der Waals surface area (Å²) in [6.45, 7) is -0.283. The largest absolute Gasteiger partial charge is 0.464 e. The van der Waals surface area contributed by atoms with Crippen LogP contribution >= 0.6 is 0 Å². The number of aromatic nitrogens is 4. The highest BCUT2D eigenvalue weighted by atomic mass is 16.5. The fourth-order valence-electron chi connectivity index (χ4n) is 3.48. The molecule has 0 radical (unpaired) electrons. The number of nitrogens with two attached hydrogens (primary N) is 2. The highest BCUT2D eigenvalue weighted by molar-refractivity contribution is 5.75. The molecule has 1 aliphatic rings. The van der Waals surface area contributed by atoms with Gasteiger partial charge in [-0.05, 0) is 12.5 Å². The minimum atomic E-state index is -1.77. The number of nitriles is 1. The first-order chi connectivity index (χ1) is 13.8. The van der Waals surface area contributed by atoms with Crippen LogP contribution in [0.3, 0.4) is 0 Å². The number of nitrogen functional groups attached to an aromatic ring is 1. The number of rotatable bonds is 6. The SMILES string of the molecule is N#C[C@@]1(n2ccc(N)nc2=O)C[C@H](COC(=O)[C@@H](N)Cc2cnc[nH]2)C(O)C1O. The Hall–Kier alpha value is -3.27. The second kappa shape index (κ2) is 8.00. The van der Waals surface area contributed by atoms with Crippen LogP contribution in [0, 0.1) is 17.2 Å². The molecule has 2 aromatic heterocycles. The molecule has 5 atom stereocenters. The van der Waals surface area contributed by atoms with Crippen LogP contribution in [0.1, 0.15) is 12.1 Å². The monoisotopic (exact) mass is 403 g/mol. The number of hydrogen-bond donors (Lipinski definition) is 5. The van der Waals surface area contributed by atoms with Crippen molar-refractivity contribution >= 4 is 11.8 Å². The molecule has 0 aromatic carbocycles. The number of aliphatic hydroxyl groups excluding tert-OH is 2. The molecule has 12 heteroatoms. The van der Waals surface area contributed by atoms with E-state index in [4.69, 9.17) is 16.2 Å². The Morgan fingerprint density at radius 1 is 1.55 bits per heavy atom. The van der Waals surface area contributed by atoms with E-state index in [1.807, 2.05) is 6.07 Å². The number of aromatic amines is 1. The van der Waals surface area contributed by atoms with Gasteiger partial charge in [0, 0.05) is 30.4 Å². The predicted octanol–water partition coefficient (Wildman–Crippen LogP) is -2.38. The van der Waals surface area contributed by atoms with E-state index < -0.39 is 41.4 Å². The van der Waals surface area contributed by atoms with E-state index in [2.05, 4.69) is 15.0 Å². The lowest BCUT2D eigenvalue weighted by Crippen LogP contribution is -2.48. The van der Waals surface area contributed by atoms with E-state index in [0.717, 1.165) is 4.57 Å². The van der Waals surface area contributed by atoms with Gasteiger partial charge in [-0.3, -0.25) is 9.36 Å². The van der Waals surface area contributed by atoms with Crippen molar-refractivity contribution in [1.29, 1.82) is 5.26 Å². The third-order valence-electron chi connectivity index (χ3n) is 5.05. The Balaban J connectivity index is 1.71. The number of hydrogen-bond acceptors (Lipinski definition) is 10. The maximum Gasteiger partial charge on any atom is 0.350 e. The van der Waals surface area contributed by atoms with E-state index in [1.54, 1.807) is 0 Å². The summed E-state index contributed by atoms with van der Waals surface area (Å²) in [6, 6.07) is 2.25. The summed E-state index contributed by atoms with van der Waals surface area (Å²) in [7, 11) is 0. The zero-order valence-corrected chi connectivity index (χ0v) is 15.3. The molecule has 12 nitrogen and oxygen atoms in total. The molecule has 7 N–H and O–H groups in total. The molecule has 154 valence electrons. The standard InChI is InChI=1S/C17H21N7O5/c18-7-17(24-2-1-12(20)23-16(24)28)4-9(13(25)14(17)26)6-29-15(27)11(19)3-10-5-21-8-22-10/h1-2,5,8-9,11,13-14,25-26H,3-4,6,19H2,(H,21,22)(H2,20,23,28)/t9-,11+,13?,14?,17+/m1/s1. The summed E-state index contributed by atoms with van der Waals surface area (Å²) in [6.07, 6.45) is 1.26. The number of carbonyl (C=O) groups is 1. The molecular weight excluding hydrogens is 382 g/mol. The molecule has 1 aliphatic carbocycles. The highest BCUT2D eigenvalue weighted by Crippen LogP contribution is 2.40. The topological polar surface area (TPSA) is 206 Å². The van der Waals surface area contributed by atoms with Crippen molar-refractivity contribution in [3.05, 3.63) is 41.0 Å². The molecule has 0 saturated heterocycles. The Kier molecular flexibility index (Phi) is 5.64. The maximum absolute atomic E-state index is 12.2. The Morgan fingerprint density at radius 3 is 2.93 bits per heavy atom. The van der Waals surface area contributed by atoms with E-state index in [9.17, 15) is 25.1 Å². The quantitative estimate of drug-likeness (QED) is 0.324. The molecule has 2 aromatic rings. The number of esters is 1. The van der Waals surface area contributed by atoms with Gasteiger partial charge in [0.1, 0.15) is 18.0 Å². The predicted molar refractivity (Wildman–Crippen MR) is 97.8 cm³/mol. The number of anilines is 1. The normalized spacial score (nSPS) is 27.3. The average Bonchev–Trinajstić information content (AvgIpc) is 3.28. The summed E-state index contributed by atoms with van der Waals surface area (Å²) in [5, 5.41) is 30.6. The van der Waals surface area contributed by atoms with Gasteiger partial charge in [-0.25, -0.2) is 9.78 Å². The zero-order chi connectivity index (χ0) is 21.2. The van der Waals surface area contributed by atoms with Crippen LogP contribution in [-0.4, -0.2) is 60.6 Å². The number of nitrogens with zero attached hydrogens (tertiary/aromatic N) is 4. The third-order valence-corrected chi connectivity index (χ3v) is 5.05. The molecule has 2 heterocycles. The summed E-state index contributed by atoms with van der Waals surface area (Å²) in [5.74, 6) is -1.54. The summed E-state index contributed by atoms with van der Waals surface area (Å²) < 4.78 is 6.11. The molecule has 3 rings (SSSR count). The smallest absolute Gasteiger partial charge is 0.350 e. The van der Waals surface area contributed by atoms with Crippen LogP contribution in [0.5, 0.6) is 0 Å². The number of H-pyrrole nitrogens is 1. The molecule has 2 unspecified atom stereocenters. The lowest BCUT2D eigenvalue weighted by molar-refractivity contribution is -0.147. The van der Waals surface area contributed by atoms with Gasteiger partial charge in [0.15, 0.2) is 5.54 Å². The molecule has 29 heavy (non-hydrogen) atoms. The van der Waals surface area contributed by atoms with Gasteiger partial charge >= 0.3 is 11.7 Å². The van der Waals surface area contributed by atoms with Crippen LogP contribution in [0.25, 0.3) is 0 Å². The number of ether oxygens (including phenoxy) is 1. The van der Waals surface area contributed by atoms with Crippen molar-refractivity contribution in [2.45, 2.75) is 36.6 Å². The van der Waals surface area contributed by atoms with E-state index in [-0.39, 0.29) is 25.3 Å². The minimum absolute atomic E-state index is 0.0379. The van der Waals surface area contributed by atoms with E-state index in [1.165, 1.54) is 24.8 Å². The maximum atomic E-state index is 12.2. The van der Waals surface area contributed by atoms with Crippen molar-refractivity contribution in [1.82, 2.24) is 19.5 Å². The number of carbonyl (C=O) groups excluding carboxylic acids is 1. The molecule has 0 bridgehead atoms. The van der Waals surface area contributed by atoms with Gasteiger partial charge in [-0.15, -0.1) is 0 Å². The Morgan fingerprint density at radius 2 is 2.31 bits per heavy atom. The van der Waals surface area contributed by atoms with E-state index in [0.29, 0.717) is 5.69 Å². The highest BCUT2D eigenvalue weighted by Gasteiger charge is 2.55. The van der Waals surface area contributed by atoms with Crippen molar-refractivity contribution in [3.8, 4) is 6.07 Å². The fourth-order valence-corrected chi connectivity index (χ4v) is 3.48. The van der Waals surface area contributed by atoms with Crippen LogP contribution in [0.2, 0.25) is 0 Å². The second-order valence-corrected chi connectivity index (χ2v) is 6.96.